The highest BCUT2D eigenvalue weighted by molar-refractivity contribution is 5.78. The Morgan fingerprint density at radius 2 is 1.94 bits per heavy atom. The van der Waals surface area contributed by atoms with E-state index in [-0.39, 0.29) is 24.0 Å². The largest absolute Gasteiger partial charge is 0.412 e. The van der Waals surface area contributed by atoms with Crippen LogP contribution in [0.25, 0.3) is 0 Å². The Morgan fingerprint density at radius 1 is 1.41 bits per heavy atom. The molecule has 0 unspecified atom stereocenters. The van der Waals surface area contributed by atoms with Gasteiger partial charge in [0.25, 0.3) is 0 Å². The van der Waals surface area contributed by atoms with Gasteiger partial charge in [0, 0.05) is 7.05 Å². The molecule has 0 bridgehead atoms. The maximum atomic E-state index is 11.4. The van der Waals surface area contributed by atoms with Crippen LogP contribution in [0.5, 0.6) is 0 Å². The molecule has 5 N–H and O–H groups in total. The molecule has 0 aliphatic heterocycles. The molecular formula is C12H20N2O3. The van der Waals surface area contributed by atoms with E-state index in [1.165, 1.54) is 4.90 Å². The van der Waals surface area contributed by atoms with E-state index in [0.29, 0.717) is 0 Å². The second-order valence-electron chi connectivity index (χ2n) is 3.80. The molecule has 0 radical (unpaired) electrons. The zero-order chi connectivity index (χ0) is 12.1. The Morgan fingerprint density at radius 3 is 2.41 bits per heavy atom. The highest BCUT2D eigenvalue weighted by Crippen LogP contribution is 2.19. The summed E-state index contributed by atoms with van der Waals surface area (Å²) in [5.41, 5.74) is 6.07. The lowest BCUT2D eigenvalue weighted by Crippen LogP contribution is -2.42. The first-order valence-corrected chi connectivity index (χ1v) is 5.26. The second-order valence-corrected chi connectivity index (χ2v) is 3.80. The number of aliphatic hydroxyl groups is 1. The van der Waals surface area contributed by atoms with E-state index in [2.05, 4.69) is 0 Å². The number of aliphatic hydroxyl groups excluding tert-OH is 1. The van der Waals surface area contributed by atoms with E-state index < -0.39 is 6.10 Å². The molecule has 0 aliphatic carbocycles. The fourth-order valence-electron chi connectivity index (χ4n) is 1.51. The Balaban J connectivity index is 0.00000256. The number of benzene rings is 1. The van der Waals surface area contributed by atoms with Crippen molar-refractivity contribution < 1.29 is 15.4 Å². The number of amides is 1. The van der Waals surface area contributed by atoms with Gasteiger partial charge in [-0.3, -0.25) is 4.79 Å². The van der Waals surface area contributed by atoms with Crippen molar-refractivity contribution in [2.75, 3.05) is 13.6 Å². The monoisotopic (exact) mass is 240 g/mol. The van der Waals surface area contributed by atoms with E-state index in [4.69, 9.17) is 5.73 Å². The minimum absolute atomic E-state index is 0. The molecule has 17 heavy (non-hydrogen) atoms. The van der Waals surface area contributed by atoms with Crippen LogP contribution in [0.3, 0.4) is 0 Å². The van der Waals surface area contributed by atoms with Crippen LogP contribution >= 0.6 is 0 Å². The fourth-order valence-corrected chi connectivity index (χ4v) is 1.51. The summed E-state index contributed by atoms with van der Waals surface area (Å²) in [5, 5.41) is 10.1. The first-order chi connectivity index (χ1) is 7.57. The van der Waals surface area contributed by atoms with Gasteiger partial charge < -0.3 is 21.2 Å². The molecule has 0 saturated heterocycles. The molecule has 1 rings (SSSR count). The zero-order valence-corrected chi connectivity index (χ0v) is 10.1. The molecule has 0 aliphatic rings. The van der Waals surface area contributed by atoms with Crippen LogP contribution < -0.4 is 5.73 Å². The summed E-state index contributed by atoms with van der Waals surface area (Å²) in [5.74, 6) is -0.178. The molecule has 96 valence electrons. The van der Waals surface area contributed by atoms with Crippen LogP contribution in [0.2, 0.25) is 0 Å². The molecule has 0 fully saturated rings. The minimum atomic E-state index is -0.693. The average Bonchev–Trinajstić information content (AvgIpc) is 2.36. The second kappa shape index (κ2) is 7.01. The predicted octanol–water partition coefficient (Wildman–Crippen LogP) is -0.299. The van der Waals surface area contributed by atoms with Gasteiger partial charge in [0.05, 0.1) is 18.7 Å². The van der Waals surface area contributed by atoms with E-state index >= 15 is 0 Å². The van der Waals surface area contributed by atoms with Gasteiger partial charge >= 0.3 is 0 Å². The molecule has 0 aromatic heterocycles. The molecule has 1 aromatic carbocycles. The lowest BCUT2D eigenvalue weighted by Gasteiger charge is -2.28. The number of hydrogen-bond acceptors (Lipinski definition) is 3. The molecule has 0 spiro atoms. The van der Waals surface area contributed by atoms with Gasteiger partial charge in [-0.25, -0.2) is 0 Å². The summed E-state index contributed by atoms with van der Waals surface area (Å²) in [6, 6.07) is 8.98. The van der Waals surface area contributed by atoms with E-state index in [1.807, 2.05) is 30.3 Å². The van der Waals surface area contributed by atoms with Gasteiger partial charge in [0.15, 0.2) is 0 Å². The van der Waals surface area contributed by atoms with Gasteiger partial charge in [0.1, 0.15) is 0 Å². The average molecular weight is 240 g/mol. The molecule has 2 atom stereocenters. The standard InChI is InChI=1S/C12H18N2O2.H2O/c1-9(14(2)11(15)8-13)12(16)10-6-4-3-5-7-10;/h3-7,9,12,16H,8,13H2,1-2H3;1H2/t9-,12+;/m1./s1. The van der Waals surface area contributed by atoms with Crippen molar-refractivity contribution >= 4 is 5.91 Å². The Labute approximate surface area is 101 Å². The van der Waals surface area contributed by atoms with Gasteiger partial charge in [-0.05, 0) is 12.5 Å². The Bertz CT molecular complexity index is 343. The van der Waals surface area contributed by atoms with Crippen molar-refractivity contribution in [1.82, 2.24) is 4.90 Å². The van der Waals surface area contributed by atoms with Gasteiger partial charge in [-0.2, -0.15) is 0 Å². The first kappa shape index (κ1) is 15.6. The zero-order valence-electron chi connectivity index (χ0n) is 10.1. The van der Waals surface area contributed by atoms with Crippen molar-refractivity contribution in [3.05, 3.63) is 35.9 Å². The highest BCUT2D eigenvalue weighted by Gasteiger charge is 2.22. The van der Waals surface area contributed by atoms with Crippen LogP contribution in [0, 0.1) is 0 Å². The normalized spacial score (nSPS) is 13.4. The minimum Gasteiger partial charge on any atom is -0.412 e. The summed E-state index contributed by atoms with van der Waals surface area (Å²) < 4.78 is 0. The van der Waals surface area contributed by atoms with Gasteiger partial charge in [0.2, 0.25) is 5.91 Å². The smallest absolute Gasteiger partial charge is 0.236 e. The molecular weight excluding hydrogens is 220 g/mol. The third-order valence-electron chi connectivity index (χ3n) is 2.78. The molecule has 5 heteroatoms. The number of likely N-dealkylation sites (N-methyl/N-ethyl adjacent to an activating group) is 1. The van der Waals surface area contributed by atoms with Crippen molar-refractivity contribution in [3.8, 4) is 0 Å². The highest BCUT2D eigenvalue weighted by atomic mass is 16.3. The summed E-state index contributed by atoms with van der Waals surface area (Å²) >= 11 is 0. The van der Waals surface area contributed by atoms with Crippen LogP contribution in [-0.4, -0.2) is 41.0 Å². The van der Waals surface area contributed by atoms with E-state index in [9.17, 15) is 9.90 Å². The molecule has 0 heterocycles. The number of rotatable bonds is 4. The number of hydrogen-bond donors (Lipinski definition) is 2. The topological polar surface area (TPSA) is 98.1 Å². The Kier molecular flexibility index (Phi) is 6.42. The van der Waals surface area contributed by atoms with Crippen molar-refractivity contribution in [2.24, 2.45) is 5.73 Å². The third kappa shape index (κ3) is 3.81. The van der Waals surface area contributed by atoms with Crippen LogP contribution in [0.15, 0.2) is 30.3 Å². The van der Waals surface area contributed by atoms with Crippen molar-refractivity contribution in [2.45, 2.75) is 19.1 Å². The third-order valence-corrected chi connectivity index (χ3v) is 2.78. The molecule has 1 amide bonds. The van der Waals surface area contributed by atoms with Crippen molar-refractivity contribution in [1.29, 1.82) is 0 Å². The lowest BCUT2D eigenvalue weighted by atomic mass is 10.0. The number of nitrogens with zero attached hydrogens (tertiary/aromatic N) is 1. The van der Waals surface area contributed by atoms with E-state index in [0.717, 1.165) is 5.56 Å². The summed E-state index contributed by atoms with van der Waals surface area (Å²) in [6.07, 6.45) is -0.693. The van der Waals surface area contributed by atoms with E-state index in [1.54, 1.807) is 14.0 Å². The number of carbonyl (C=O) groups is 1. The van der Waals surface area contributed by atoms with Crippen LogP contribution in [0.4, 0.5) is 0 Å². The number of nitrogens with two attached hydrogens (primary N) is 1. The van der Waals surface area contributed by atoms with Crippen LogP contribution in [0.1, 0.15) is 18.6 Å². The summed E-state index contributed by atoms with van der Waals surface area (Å²) in [4.78, 5) is 12.8. The molecule has 1 aromatic rings. The Hall–Kier alpha value is -1.43. The van der Waals surface area contributed by atoms with Gasteiger partial charge in [-0.1, -0.05) is 30.3 Å². The summed E-state index contributed by atoms with van der Waals surface area (Å²) in [6.45, 7) is 1.76. The van der Waals surface area contributed by atoms with Gasteiger partial charge in [-0.15, -0.1) is 0 Å². The van der Waals surface area contributed by atoms with Crippen LogP contribution in [-0.2, 0) is 4.79 Å². The SMILES string of the molecule is C[C@H]([C@H](O)c1ccccc1)N(C)C(=O)CN.O. The number of carbonyl (C=O) groups excluding carboxylic acids is 1. The predicted molar refractivity (Wildman–Crippen MR) is 66.3 cm³/mol. The maximum absolute atomic E-state index is 11.4. The maximum Gasteiger partial charge on any atom is 0.236 e. The first-order valence-electron chi connectivity index (χ1n) is 5.26. The fraction of sp³-hybridized carbons (Fsp3) is 0.417. The van der Waals surface area contributed by atoms with Crippen molar-refractivity contribution in [3.63, 3.8) is 0 Å². The lowest BCUT2D eigenvalue weighted by molar-refractivity contribution is -0.132. The quantitative estimate of drug-likeness (QED) is 0.756. The molecule has 5 nitrogen and oxygen atoms in total. The molecule has 0 saturated carbocycles. The summed E-state index contributed by atoms with van der Waals surface area (Å²) in [7, 11) is 1.64.